The Morgan fingerprint density at radius 2 is 2.15 bits per heavy atom. The Morgan fingerprint density at radius 1 is 1.46 bits per heavy atom. The van der Waals surface area contributed by atoms with E-state index in [2.05, 4.69) is 15.9 Å². The molecule has 3 heteroatoms. The summed E-state index contributed by atoms with van der Waals surface area (Å²) in [4.78, 5) is 0. The predicted molar refractivity (Wildman–Crippen MR) is 55.9 cm³/mol. The van der Waals surface area contributed by atoms with Crippen LogP contribution in [0.15, 0.2) is 28.7 Å². The molecular formula is C10H13BrO2. The molecule has 1 rings (SSSR count). The van der Waals surface area contributed by atoms with Crippen molar-refractivity contribution >= 4 is 15.9 Å². The first-order chi connectivity index (χ1) is 6.24. The Hall–Kier alpha value is -0.540. The van der Waals surface area contributed by atoms with Crippen LogP contribution in [0.2, 0.25) is 0 Å². The minimum absolute atomic E-state index is 0.157. The molecule has 0 radical (unpaired) electrons. The fourth-order valence-electron chi connectivity index (χ4n) is 0.847. The smallest absolute Gasteiger partial charge is 0.133 e. The molecule has 72 valence electrons. The summed E-state index contributed by atoms with van der Waals surface area (Å²) in [6.45, 7) is 2.64. The molecule has 1 aromatic rings. The van der Waals surface area contributed by atoms with Gasteiger partial charge in [0.2, 0.25) is 0 Å². The normalized spacial score (nSPS) is 12.5. The van der Waals surface area contributed by atoms with Crippen LogP contribution in [0.4, 0.5) is 0 Å². The van der Waals surface area contributed by atoms with Gasteiger partial charge in [-0.2, -0.15) is 0 Å². The van der Waals surface area contributed by atoms with E-state index in [1.54, 1.807) is 0 Å². The Balaban J connectivity index is 2.50. The molecular weight excluding hydrogens is 232 g/mol. The summed E-state index contributed by atoms with van der Waals surface area (Å²) in [5, 5.41) is 8.79. The summed E-state index contributed by atoms with van der Waals surface area (Å²) in [5.41, 5.74) is 0. The lowest BCUT2D eigenvalue weighted by atomic mass is 10.2. The number of hydrogen-bond acceptors (Lipinski definition) is 2. The van der Waals surface area contributed by atoms with Crippen molar-refractivity contribution in [3.63, 3.8) is 0 Å². The summed E-state index contributed by atoms with van der Waals surface area (Å²) in [6, 6.07) is 7.68. The van der Waals surface area contributed by atoms with Crippen LogP contribution in [-0.2, 0) is 0 Å². The van der Waals surface area contributed by atoms with Crippen LogP contribution >= 0.6 is 15.9 Å². The van der Waals surface area contributed by atoms with Crippen molar-refractivity contribution in [2.24, 2.45) is 5.92 Å². The standard InChI is InChI=1S/C10H13BrO2/c1-8(6-12)7-13-10-5-3-2-4-9(10)11/h2-5,8,12H,6-7H2,1H3. The zero-order valence-electron chi connectivity index (χ0n) is 7.53. The van der Waals surface area contributed by atoms with Gasteiger partial charge >= 0.3 is 0 Å². The van der Waals surface area contributed by atoms with Crippen LogP contribution in [0.5, 0.6) is 5.75 Å². The largest absolute Gasteiger partial charge is 0.492 e. The molecule has 0 aliphatic carbocycles. The molecule has 1 aromatic carbocycles. The molecule has 0 aliphatic heterocycles. The Morgan fingerprint density at radius 3 is 2.77 bits per heavy atom. The number of aliphatic hydroxyl groups excluding tert-OH is 1. The van der Waals surface area contributed by atoms with Crippen molar-refractivity contribution in [1.29, 1.82) is 0 Å². The van der Waals surface area contributed by atoms with Gasteiger partial charge in [0.25, 0.3) is 0 Å². The number of aliphatic hydroxyl groups is 1. The van der Waals surface area contributed by atoms with E-state index < -0.39 is 0 Å². The molecule has 0 spiro atoms. The summed E-state index contributed by atoms with van der Waals surface area (Å²) < 4.78 is 6.43. The highest BCUT2D eigenvalue weighted by Gasteiger charge is 2.03. The van der Waals surface area contributed by atoms with E-state index in [9.17, 15) is 0 Å². The first-order valence-electron chi connectivity index (χ1n) is 4.22. The van der Waals surface area contributed by atoms with Gasteiger partial charge in [-0.25, -0.2) is 0 Å². The van der Waals surface area contributed by atoms with Crippen LogP contribution in [0.1, 0.15) is 6.92 Å². The predicted octanol–water partition coefficient (Wildman–Crippen LogP) is 2.46. The number of hydrogen-bond donors (Lipinski definition) is 1. The van der Waals surface area contributed by atoms with Crippen molar-refractivity contribution in [3.05, 3.63) is 28.7 Å². The first kappa shape index (κ1) is 10.5. The minimum Gasteiger partial charge on any atom is -0.492 e. The lowest BCUT2D eigenvalue weighted by molar-refractivity contribution is 0.174. The van der Waals surface area contributed by atoms with Crippen LogP contribution in [-0.4, -0.2) is 18.3 Å². The molecule has 1 N–H and O–H groups in total. The second-order valence-corrected chi connectivity index (χ2v) is 3.88. The summed E-state index contributed by atoms with van der Waals surface area (Å²) in [6.07, 6.45) is 0. The third kappa shape index (κ3) is 3.36. The number of ether oxygens (including phenoxy) is 1. The van der Waals surface area contributed by atoms with E-state index in [0.717, 1.165) is 10.2 Å². The first-order valence-corrected chi connectivity index (χ1v) is 5.01. The van der Waals surface area contributed by atoms with Crippen molar-refractivity contribution < 1.29 is 9.84 Å². The number of benzene rings is 1. The van der Waals surface area contributed by atoms with E-state index in [4.69, 9.17) is 9.84 Å². The molecule has 1 unspecified atom stereocenters. The van der Waals surface area contributed by atoms with Gasteiger partial charge in [0.1, 0.15) is 5.75 Å². The summed E-state index contributed by atoms with van der Waals surface area (Å²) >= 11 is 3.38. The summed E-state index contributed by atoms with van der Waals surface area (Å²) in [5.74, 6) is 0.995. The SMILES string of the molecule is CC(CO)COc1ccccc1Br. The second kappa shape index (κ2) is 5.25. The Kier molecular flexibility index (Phi) is 4.25. The van der Waals surface area contributed by atoms with Crippen molar-refractivity contribution in [2.75, 3.05) is 13.2 Å². The van der Waals surface area contributed by atoms with Gasteiger partial charge in [0.05, 0.1) is 11.1 Å². The highest BCUT2D eigenvalue weighted by atomic mass is 79.9. The third-order valence-corrected chi connectivity index (χ3v) is 2.33. The van der Waals surface area contributed by atoms with Gasteiger partial charge in [-0.3, -0.25) is 0 Å². The Bertz CT molecular complexity index is 263. The maximum absolute atomic E-state index is 8.79. The molecule has 0 saturated heterocycles. The van der Waals surface area contributed by atoms with E-state index >= 15 is 0 Å². The second-order valence-electron chi connectivity index (χ2n) is 3.03. The van der Waals surface area contributed by atoms with Crippen LogP contribution in [0, 0.1) is 5.92 Å². The third-order valence-electron chi connectivity index (χ3n) is 1.67. The molecule has 0 heterocycles. The van der Waals surface area contributed by atoms with Gasteiger partial charge < -0.3 is 9.84 Å². The molecule has 0 amide bonds. The zero-order valence-corrected chi connectivity index (χ0v) is 9.12. The number of halogens is 1. The van der Waals surface area contributed by atoms with Crippen molar-refractivity contribution in [3.8, 4) is 5.75 Å². The van der Waals surface area contributed by atoms with E-state index in [0.29, 0.717) is 6.61 Å². The minimum atomic E-state index is 0.157. The quantitative estimate of drug-likeness (QED) is 0.882. The maximum atomic E-state index is 8.79. The molecule has 13 heavy (non-hydrogen) atoms. The Labute approximate surface area is 86.7 Å². The molecule has 0 bridgehead atoms. The van der Waals surface area contributed by atoms with Crippen molar-refractivity contribution in [1.82, 2.24) is 0 Å². The molecule has 2 nitrogen and oxygen atoms in total. The van der Waals surface area contributed by atoms with E-state index in [-0.39, 0.29) is 12.5 Å². The molecule has 0 fully saturated rings. The lowest BCUT2D eigenvalue weighted by Crippen LogP contribution is -2.12. The van der Waals surface area contributed by atoms with Gasteiger partial charge in [0, 0.05) is 12.5 Å². The maximum Gasteiger partial charge on any atom is 0.133 e. The van der Waals surface area contributed by atoms with Gasteiger partial charge in [0.15, 0.2) is 0 Å². The van der Waals surface area contributed by atoms with Crippen molar-refractivity contribution in [2.45, 2.75) is 6.92 Å². The van der Waals surface area contributed by atoms with E-state index in [1.807, 2.05) is 31.2 Å². The van der Waals surface area contributed by atoms with Crippen LogP contribution in [0.3, 0.4) is 0 Å². The average Bonchev–Trinajstić information content (AvgIpc) is 2.16. The molecule has 0 saturated carbocycles. The van der Waals surface area contributed by atoms with Gasteiger partial charge in [-0.15, -0.1) is 0 Å². The number of para-hydroxylation sites is 1. The highest BCUT2D eigenvalue weighted by molar-refractivity contribution is 9.10. The molecule has 0 aliphatic rings. The average molecular weight is 245 g/mol. The fraction of sp³-hybridized carbons (Fsp3) is 0.400. The monoisotopic (exact) mass is 244 g/mol. The highest BCUT2D eigenvalue weighted by Crippen LogP contribution is 2.23. The topological polar surface area (TPSA) is 29.5 Å². The van der Waals surface area contributed by atoms with Crippen LogP contribution in [0.25, 0.3) is 0 Å². The fourth-order valence-corrected chi connectivity index (χ4v) is 1.25. The number of rotatable bonds is 4. The van der Waals surface area contributed by atoms with Crippen LogP contribution < -0.4 is 4.74 Å². The van der Waals surface area contributed by atoms with Gasteiger partial charge in [-0.1, -0.05) is 19.1 Å². The zero-order chi connectivity index (χ0) is 9.68. The van der Waals surface area contributed by atoms with E-state index in [1.165, 1.54) is 0 Å². The molecule has 1 atom stereocenters. The summed E-state index contributed by atoms with van der Waals surface area (Å²) in [7, 11) is 0. The molecule has 0 aromatic heterocycles. The lowest BCUT2D eigenvalue weighted by Gasteiger charge is -2.11. The van der Waals surface area contributed by atoms with Gasteiger partial charge in [-0.05, 0) is 28.1 Å².